The molecule has 2 unspecified atom stereocenters. The molecule has 0 amide bonds. The van der Waals surface area contributed by atoms with E-state index in [-0.39, 0.29) is 6.10 Å². The maximum Gasteiger partial charge on any atom is 0.0946 e. The van der Waals surface area contributed by atoms with Crippen LogP contribution in [0, 0.1) is 0 Å². The largest absolute Gasteiger partial charge is 0.392 e. The van der Waals surface area contributed by atoms with E-state index in [1.165, 1.54) is 0 Å². The Kier molecular flexibility index (Phi) is 4.62. The molecule has 1 aromatic rings. The van der Waals surface area contributed by atoms with E-state index in [9.17, 15) is 5.11 Å². The van der Waals surface area contributed by atoms with Crippen molar-refractivity contribution in [2.24, 2.45) is 0 Å². The van der Waals surface area contributed by atoms with E-state index in [1.54, 1.807) is 12.5 Å². The van der Waals surface area contributed by atoms with E-state index >= 15 is 0 Å². The first-order chi connectivity index (χ1) is 6.72. The molecule has 14 heavy (non-hydrogen) atoms. The molecule has 1 heterocycles. The van der Waals surface area contributed by atoms with Crippen molar-refractivity contribution in [2.75, 3.05) is 6.54 Å². The predicted molar refractivity (Wildman–Crippen MR) is 56.0 cm³/mol. The zero-order chi connectivity index (χ0) is 10.4. The van der Waals surface area contributed by atoms with Crippen LogP contribution in [0.5, 0.6) is 0 Å². The van der Waals surface area contributed by atoms with Crippen molar-refractivity contribution >= 4 is 0 Å². The van der Waals surface area contributed by atoms with Gasteiger partial charge in [-0.1, -0.05) is 6.92 Å². The van der Waals surface area contributed by atoms with Gasteiger partial charge in [-0.3, -0.25) is 0 Å². The molecule has 4 heteroatoms. The predicted octanol–water partition coefficient (Wildman–Crippen LogP) is 0.632. The van der Waals surface area contributed by atoms with E-state index in [4.69, 9.17) is 0 Å². The Hall–Kier alpha value is -0.870. The molecule has 2 atom stereocenters. The fraction of sp³-hybridized carbons (Fsp3) is 0.700. The lowest BCUT2D eigenvalue weighted by atomic mass is 10.2. The number of nitrogens with one attached hydrogen (secondary N) is 1. The first kappa shape index (κ1) is 11.2. The zero-order valence-electron chi connectivity index (χ0n) is 8.85. The van der Waals surface area contributed by atoms with Crippen LogP contribution in [0.15, 0.2) is 18.7 Å². The van der Waals surface area contributed by atoms with Gasteiger partial charge in [0.05, 0.1) is 12.4 Å². The van der Waals surface area contributed by atoms with Crippen molar-refractivity contribution in [1.82, 2.24) is 14.9 Å². The Morgan fingerprint density at radius 1 is 1.57 bits per heavy atom. The quantitative estimate of drug-likeness (QED) is 0.703. The van der Waals surface area contributed by atoms with Crippen LogP contribution in [0.3, 0.4) is 0 Å². The monoisotopic (exact) mass is 197 g/mol. The van der Waals surface area contributed by atoms with Gasteiger partial charge in [-0.25, -0.2) is 4.98 Å². The van der Waals surface area contributed by atoms with Crippen molar-refractivity contribution in [3.63, 3.8) is 0 Å². The van der Waals surface area contributed by atoms with Crippen LogP contribution < -0.4 is 5.32 Å². The highest BCUT2D eigenvalue weighted by Gasteiger charge is 2.05. The first-order valence-electron chi connectivity index (χ1n) is 5.09. The molecule has 1 rings (SSSR count). The Bertz CT molecular complexity index is 236. The van der Waals surface area contributed by atoms with Crippen molar-refractivity contribution in [3.8, 4) is 0 Å². The molecule has 0 aromatic carbocycles. The molecule has 0 spiro atoms. The summed E-state index contributed by atoms with van der Waals surface area (Å²) in [6.07, 6.45) is 6.07. The lowest BCUT2D eigenvalue weighted by Crippen LogP contribution is -2.35. The smallest absolute Gasteiger partial charge is 0.0946 e. The maximum atomic E-state index is 9.35. The van der Waals surface area contributed by atoms with E-state index in [0.29, 0.717) is 12.6 Å². The minimum Gasteiger partial charge on any atom is -0.392 e. The van der Waals surface area contributed by atoms with E-state index in [0.717, 1.165) is 13.0 Å². The average molecular weight is 197 g/mol. The van der Waals surface area contributed by atoms with E-state index in [2.05, 4.69) is 17.2 Å². The summed E-state index contributed by atoms with van der Waals surface area (Å²) < 4.78 is 2.02. The van der Waals surface area contributed by atoms with E-state index in [1.807, 2.05) is 17.7 Å². The lowest BCUT2D eigenvalue weighted by Gasteiger charge is -2.16. The number of rotatable bonds is 6. The van der Waals surface area contributed by atoms with Crippen LogP contribution in [0.1, 0.15) is 20.3 Å². The highest BCUT2D eigenvalue weighted by atomic mass is 16.3. The Labute approximate surface area is 85.0 Å². The number of nitrogens with zero attached hydrogens (tertiary/aromatic N) is 2. The number of aliphatic hydroxyl groups is 1. The summed E-state index contributed by atoms with van der Waals surface area (Å²) in [5.74, 6) is 0. The summed E-state index contributed by atoms with van der Waals surface area (Å²) in [4.78, 5) is 3.97. The molecule has 2 N–H and O–H groups in total. The molecule has 1 aromatic heterocycles. The third kappa shape index (κ3) is 3.89. The highest BCUT2D eigenvalue weighted by Crippen LogP contribution is 1.93. The van der Waals surface area contributed by atoms with Gasteiger partial charge in [-0.2, -0.15) is 0 Å². The molecule has 0 saturated carbocycles. The second-order valence-corrected chi connectivity index (χ2v) is 3.63. The van der Waals surface area contributed by atoms with Gasteiger partial charge in [0.15, 0.2) is 0 Å². The number of aliphatic hydroxyl groups excluding tert-OH is 1. The van der Waals surface area contributed by atoms with Crippen LogP contribution in [-0.2, 0) is 6.54 Å². The van der Waals surface area contributed by atoms with Crippen LogP contribution in [0.2, 0.25) is 0 Å². The van der Waals surface area contributed by atoms with Crippen molar-refractivity contribution in [3.05, 3.63) is 18.7 Å². The third-order valence-electron chi connectivity index (χ3n) is 2.22. The van der Waals surface area contributed by atoms with Gasteiger partial charge in [0.25, 0.3) is 0 Å². The second-order valence-electron chi connectivity index (χ2n) is 3.63. The summed E-state index contributed by atoms with van der Waals surface area (Å²) in [5, 5.41) is 12.6. The van der Waals surface area contributed by atoms with Crippen molar-refractivity contribution in [2.45, 2.75) is 39.0 Å². The fourth-order valence-corrected chi connectivity index (χ4v) is 1.26. The summed E-state index contributed by atoms with van der Waals surface area (Å²) in [6, 6.07) is 0.352. The third-order valence-corrected chi connectivity index (χ3v) is 2.22. The normalized spacial score (nSPS) is 15.4. The van der Waals surface area contributed by atoms with Gasteiger partial charge in [-0.15, -0.1) is 0 Å². The zero-order valence-corrected chi connectivity index (χ0v) is 8.85. The molecule has 0 fully saturated rings. The molecule has 0 aliphatic rings. The minimum atomic E-state index is -0.236. The Balaban J connectivity index is 2.19. The van der Waals surface area contributed by atoms with Crippen LogP contribution in [0.25, 0.3) is 0 Å². The fourth-order valence-electron chi connectivity index (χ4n) is 1.26. The summed E-state index contributed by atoms with van der Waals surface area (Å²) in [6.45, 7) is 5.62. The van der Waals surface area contributed by atoms with Gasteiger partial charge < -0.3 is 15.0 Å². The Morgan fingerprint density at radius 3 is 2.93 bits per heavy atom. The van der Waals surface area contributed by atoms with Crippen LogP contribution in [0.4, 0.5) is 0 Å². The summed E-state index contributed by atoms with van der Waals surface area (Å²) >= 11 is 0. The molecule has 80 valence electrons. The number of hydrogen-bond donors (Lipinski definition) is 2. The number of hydrogen-bond acceptors (Lipinski definition) is 3. The lowest BCUT2D eigenvalue weighted by molar-refractivity contribution is 0.162. The van der Waals surface area contributed by atoms with E-state index < -0.39 is 0 Å². The van der Waals surface area contributed by atoms with Crippen LogP contribution >= 0.6 is 0 Å². The van der Waals surface area contributed by atoms with Gasteiger partial charge >= 0.3 is 0 Å². The summed E-state index contributed by atoms with van der Waals surface area (Å²) in [5.41, 5.74) is 0. The first-order valence-corrected chi connectivity index (χ1v) is 5.09. The van der Waals surface area contributed by atoms with Crippen LogP contribution in [-0.4, -0.2) is 33.3 Å². The SMILES string of the molecule is CCC(O)CNC(C)Cn1ccnc1. The minimum absolute atomic E-state index is 0.236. The Morgan fingerprint density at radius 2 is 2.36 bits per heavy atom. The average Bonchev–Trinajstić information content (AvgIpc) is 2.66. The number of aromatic nitrogens is 2. The van der Waals surface area contributed by atoms with Gasteiger partial charge in [0.1, 0.15) is 0 Å². The van der Waals surface area contributed by atoms with Gasteiger partial charge in [0.2, 0.25) is 0 Å². The molecular formula is C10H19N3O. The molecular weight excluding hydrogens is 178 g/mol. The second kappa shape index (κ2) is 5.78. The topological polar surface area (TPSA) is 50.1 Å². The molecule has 0 saturated heterocycles. The van der Waals surface area contributed by atoms with Gasteiger partial charge in [-0.05, 0) is 13.3 Å². The molecule has 0 aliphatic carbocycles. The number of imidazole rings is 1. The van der Waals surface area contributed by atoms with Crippen molar-refractivity contribution in [1.29, 1.82) is 0 Å². The highest BCUT2D eigenvalue weighted by molar-refractivity contribution is 4.76. The molecule has 0 radical (unpaired) electrons. The van der Waals surface area contributed by atoms with Crippen molar-refractivity contribution < 1.29 is 5.11 Å². The molecule has 0 bridgehead atoms. The maximum absolute atomic E-state index is 9.35. The standard InChI is InChI=1S/C10H19N3O/c1-3-10(14)6-12-9(2)7-13-5-4-11-8-13/h4-5,8-10,12,14H,3,6-7H2,1-2H3. The van der Waals surface area contributed by atoms with Gasteiger partial charge in [0, 0.05) is 31.5 Å². The summed E-state index contributed by atoms with van der Waals surface area (Å²) in [7, 11) is 0. The molecule has 0 aliphatic heterocycles. The molecule has 4 nitrogen and oxygen atoms in total.